The Morgan fingerprint density at radius 3 is 1.45 bits per heavy atom. The van der Waals surface area contributed by atoms with Crippen molar-refractivity contribution in [1.29, 1.82) is 0 Å². The zero-order valence-corrected chi connectivity index (χ0v) is 18.2. The third kappa shape index (κ3) is 2.96. The number of thiophene rings is 2. The van der Waals surface area contributed by atoms with E-state index >= 15 is 0 Å². The number of hydrogen-bond donors (Lipinski definition) is 0. The Morgan fingerprint density at radius 2 is 0.931 bits per heavy atom. The summed E-state index contributed by atoms with van der Waals surface area (Å²) in [7, 11) is 0. The van der Waals surface area contributed by atoms with Crippen molar-refractivity contribution < 1.29 is 0 Å². The lowest BCUT2D eigenvalue weighted by atomic mass is 10.1. The van der Waals surface area contributed by atoms with Crippen LogP contribution in [-0.4, -0.2) is 0 Å². The number of hydrogen-bond acceptors (Lipinski definition) is 3. The van der Waals surface area contributed by atoms with E-state index in [1.807, 2.05) is 34.4 Å². The van der Waals surface area contributed by atoms with E-state index in [4.69, 9.17) is 0 Å². The molecule has 0 N–H and O–H groups in total. The fourth-order valence-corrected chi connectivity index (χ4v) is 7.74. The molecule has 6 rings (SSSR count). The maximum absolute atomic E-state index is 2.30. The molecule has 0 aliphatic heterocycles. The zero-order chi connectivity index (χ0) is 19.2. The van der Waals surface area contributed by atoms with Gasteiger partial charge in [-0.1, -0.05) is 72.8 Å². The van der Waals surface area contributed by atoms with Crippen molar-refractivity contribution in [2.24, 2.45) is 0 Å². The minimum absolute atomic E-state index is 1.05. The van der Waals surface area contributed by atoms with Crippen molar-refractivity contribution in [1.82, 2.24) is 0 Å². The SMILES string of the molecule is c1ccc2c(c1)sc1c(CSCc3cccc4c3sc3ccccc34)cccc12. The molecule has 140 valence electrons. The van der Waals surface area contributed by atoms with Gasteiger partial charge in [0.1, 0.15) is 0 Å². The van der Waals surface area contributed by atoms with Crippen LogP contribution in [0.4, 0.5) is 0 Å². The number of benzene rings is 4. The van der Waals surface area contributed by atoms with Crippen molar-refractivity contribution in [3.8, 4) is 0 Å². The van der Waals surface area contributed by atoms with Gasteiger partial charge in [-0.3, -0.25) is 0 Å². The summed E-state index contributed by atoms with van der Waals surface area (Å²) in [4.78, 5) is 0. The molecule has 29 heavy (non-hydrogen) atoms. The predicted octanol–water partition coefficient (Wildman–Crippen LogP) is 8.86. The smallest absolute Gasteiger partial charge is 0.0395 e. The largest absolute Gasteiger partial charge is 0.152 e. The Morgan fingerprint density at radius 1 is 0.483 bits per heavy atom. The molecule has 2 aromatic heterocycles. The van der Waals surface area contributed by atoms with E-state index in [2.05, 4.69) is 84.9 Å². The van der Waals surface area contributed by atoms with E-state index < -0.39 is 0 Å². The second-order valence-corrected chi connectivity index (χ2v) is 10.4. The fraction of sp³-hybridized carbons (Fsp3) is 0.0769. The summed E-state index contributed by atoms with van der Waals surface area (Å²) >= 11 is 5.88. The molecule has 0 atom stereocenters. The van der Waals surface area contributed by atoms with E-state index in [0.717, 1.165) is 11.5 Å². The van der Waals surface area contributed by atoms with Crippen LogP contribution in [0.3, 0.4) is 0 Å². The third-order valence-electron chi connectivity index (χ3n) is 5.49. The first-order valence-corrected chi connectivity index (χ1v) is 12.5. The molecule has 0 nitrogen and oxygen atoms in total. The van der Waals surface area contributed by atoms with Crippen LogP contribution in [-0.2, 0) is 11.5 Å². The van der Waals surface area contributed by atoms with Crippen LogP contribution in [0.15, 0.2) is 84.9 Å². The van der Waals surface area contributed by atoms with Crippen molar-refractivity contribution in [2.45, 2.75) is 11.5 Å². The molecule has 0 bridgehead atoms. The molecular weight excluding hydrogens is 408 g/mol. The molecule has 0 saturated carbocycles. The number of fused-ring (bicyclic) bond motifs is 6. The molecule has 0 spiro atoms. The van der Waals surface area contributed by atoms with Crippen LogP contribution < -0.4 is 0 Å². The highest BCUT2D eigenvalue weighted by molar-refractivity contribution is 7.97. The quantitative estimate of drug-likeness (QED) is 0.271. The lowest BCUT2D eigenvalue weighted by Gasteiger charge is -2.05. The highest BCUT2D eigenvalue weighted by atomic mass is 32.2. The molecule has 2 heterocycles. The van der Waals surface area contributed by atoms with Crippen molar-refractivity contribution in [3.05, 3.63) is 96.1 Å². The van der Waals surface area contributed by atoms with Gasteiger partial charge in [0.15, 0.2) is 0 Å². The predicted molar refractivity (Wildman–Crippen MR) is 134 cm³/mol. The summed E-state index contributed by atoms with van der Waals surface area (Å²) in [6.07, 6.45) is 0. The highest BCUT2D eigenvalue weighted by Gasteiger charge is 2.11. The Balaban J connectivity index is 1.32. The van der Waals surface area contributed by atoms with Gasteiger partial charge in [-0.25, -0.2) is 0 Å². The van der Waals surface area contributed by atoms with Gasteiger partial charge in [0, 0.05) is 51.9 Å². The summed E-state index contributed by atoms with van der Waals surface area (Å²) in [5, 5.41) is 5.56. The molecule has 4 aromatic carbocycles. The Kier molecular flexibility index (Phi) is 4.33. The number of rotatable bonds is 4. The first kappa shape index (κ1) is 17.5. The second-order valence-electron chi connectivity index (χ2n) is 7.28. The molecule has 0 radical (unpaired) electrons. The zero-order valence-electron chi connectivity index (χ0n) is 15.7. The average molecular weight is 427 g/mol. The monoisotopic (exact) mass is 426 g/mol. The first-order valence-electron chi connectivity index (χ1n) is 9.74. The summed E-state index contributed by atoms with van der Waals surface area (Å²) < 4.78 is 5.66. The molecule has 0 aliphatic rings. The van der Waals surface area contributed by atoms with Gasteiger partial charge in [0.05, 0.1) is 0 Å². The molecule has 0 amide bonds. The van der Waals surface area contributed by atoms with E-state index in [9.17, 15) is 0 Å². The van der Waals surface area contributed by atoms with Crippen LogP contribution in [0.25, 0.3) is 40.3 Å². The molecular formula is C26H18S3. The second kappa shape index (κ2) is 7.17. The minimum Gasteiger partial charge on any atom is -0.152 e. The standard InChI is InChI=1S/C26H18S3/c1-3-13-23-19(9-1)21-11-5-7-17(25(21)28-23)15-27-16-18-8-6-12-22-20-10-2-4-14-24(20)29-26(18)22/h1-14H,15-16H2. The summed E-state index contributed by atoms with van der Waals surface area (Å²) in [6.45, 7) is 0. The fourth-order valence-electron chi connectivity index (χ4n) is 4.11. The third-order valence-corrected chi connectivity index (χ3v) is 9.04. The molecule has 0 fully saturated rings. The topological polar surface area (TPSA) is 0 Å². The summed E-state index contributed by atoms with van der Waals surface area (Å²) in [5.41, 5.74) is 2.91. The van der Waals surface area contributed by atoms with Gasteiger partial charge in [0.2, 0.25) is 0 Å². The van der Waals surface area contributed by atoms with Crippen molar-refractivity contribution in [2.75, 3.05) is 0 Å². The molecule has 0 saturated heterocycles. The van der Waals surface area contributed by atoms with Crippen molar-refractivity contribution in [3.63, 3.8) is 0 Å². The lowest BCUT2D eigenvalue weighted by Crippen LogP contribution is -1.84. The maximum Gasteiger partial charge on any atom is 0.0395 e. The summed E-state index contributed by atoms with van der Waals surface area (Å²) in [6, 6.07) is 31.1. The number of thioether (sulfide) groups is 1. The minimum atomic E-state index is 1.05. The van der Waals surface area contributed by atoms with Gasteiger partial charge >= 0.3 is 0 Å². The molecule has 3 heteroatoms. The molecule has 0 unspecified atom stereocenters. The molecule has 6 aromatic rings. The van der Waals surface area contributed by atoms with Gasteiger partial charge in [0.25, 0.3) is 0 Å². The van der Waals surface area contributed by atoms with E-state index in [-0.39, 0.29) is 0 Å². The van der Waals surface area contributed by atoms with E-state index in [1.165, 1.54) is 51.5 Å². The Hall–Kier alpha value is -2.33. The van der Waals surface area contributed by atoms with Crippen LogP contribution in [0.5, 0.6) is 0 Å². The summed E-state index contributed by atoms with van der Waals surface area (Å²) in [5.74, 6) is 2.09. The van der Waals surface area contributed by atoms with Gasteiger partial charge in [-0.15, -0.1) is 22.7 Å². The van der Waals surface area contributed by atoms with Crippen LogP contribution in [0, 0.1) is 0 Å². The van der Waals surface area contributed by atoms with Gasteiger partial charge < -0.3 is 0 Å². The lowest BCUT2D eigenvalue weighted by molar-refractivity contribution is 1.42. The Labute approximate surface area is 181 Å². The normalized spacial score (nSPS) is 11.9. The average Bonchev–Trinajstić information content (AvgIpc) is 3.33. The van der Waals surface area contributed by atoms with Gasteiger partial charge in [-0.2, -0.15) is 11.8 Å². The van der Waals surface area contributed by atoms with Crippen LogP contribution in [0.2, 0.25) is 0 Å². The maximum atomic E-state index is 2.30. The van der Waals surface area contributed by atoms with Crippen LogP contribution >= 0.6 is 34.4 Å². The van der Waals surface area contributed by atoms with E-state index in [1.54, 1.807) is 0 Å². The Bertz CT molecular complexity index is 1370. The molecule has 0 aliphatic carbocycles. The van der Waals surface area contributed by atoms with Crippen molar-refractivity contribution >= 4 is 74.8 Å². The highest BCUT2D eigenvalue weighted by Crippen LogP contribution is 2.39. The first-order chi connectivity index (χ1) is 14.4. The van der Waals surface area contributed by atoms with E-state index in [0.29, 0.717) is 0 Å². The van der Waals surface area contributed by atoms with Crippen LogP contribution in [0.1, 0.15) is 11.1 Å². The van der Waals surface area contributed by atoms with Gasteiger partial charge in [-0.05, 0) is 23.3 Å².